The predicted octanol–water partition coefficient (Wildman–Crippen LogP) is 2.06. The first-order valence-corrected chi connectivity index (χ1v) is 11.5. The Hall–Kier alpha value is -3.60. The summed E-state index contributed by atoms with van der Waals surface area (Å²) in [4.78, 5) is 45.5. The van der Waals surface area contributed by atoms with Crippen molar-refractivity contribution < 1.29 is 14.3 Å². The first-order chi connectivity index (χ1) is 16.0. The topological polar surface area (TPSA) is 108 Å². The Morgan fingerprint density at radius 1 is 1.21 bits per heavy atom. The minimum absolute atomic E-state index is 0.0376. The molecule has 10 nitrogen and oxygen atoms in total. The number of hydrogen-bond donors (Lipinski definition) is 1. The summed E-state index contributed by atoms with van der Waals surface area (Å²) < 4.78 is 13.7. The van der Waals surface area contributed by atoms with Gasteiger partial charge in [0.2, 0.25) is 5.91 Å². The van der Waals surface area contributed by atoms with E-state index in [1.807, 2.05) is 18.7 Å². The van der Waals surface area contributed by atoms with E-state index in [9.17, 15) is 14.4 Å². The molecule has 0 aliphatic carbocycles. The number of aromatic nitrogens is 3. The van der Waals surface area contributed by atoms with Crippen molar-refractivity contribution in [1.29, 1.82) is 0 Å². The Bertz CT molecular complexity index is 1320. The number of hydrogen-bond acceptors (Lipinski definition) is 8. The van der Waals surface area contributed by atoms with Crippen molar-refractivity contribution in [2.75, 3.05) is 36.5 Å². The highest BCUT2D eigenvalue weighted by Gasteiger charge is 2.21. The summed E-state index contributed by atoms with van der Waals surface area (Å²) in [6.45, 7) is 9.64. The zero-order valence-electron chi connectivity index (χ0n) is 18.5. The van der Waals surface area contributed by atoms with Gasteiger partial charge in [0.1, 0.15) is 24.5 Å². The van der Waals surface area contributed by atoms with E-state index in [1.165, 1.54) is 22.0 Å². The second-order valence-electron chi connectivity index (χ2n) is 7.30. The zero-order chi connectivity index (χ0) is 23.5. The van der Waals surface area contributed by atoms with E-state index in [4.69, 9.17) is 9.47 Å². The van der Waals surface area contributed by atoms with Crippen LogP contribution < -0.4 is 30.9 Å². The fourth-order valence-electron chi connectivity index (χ4n) is 3.60. The molecule has 0 saturated heterocycles. The van der Waals surface area contributed by atoms with Crippen molar-refractivity contribution in [3.63, 3.8) is 0 Å². The largest absolute Gasteiger partial charge is 0.486 e. The van der Waals surface area contributed by atoms with Crippen molar-refractivity contribution >= 4 is 38.4 Å². The molecule has 0 saturated carbocycles. The molecule has 174 valence electrons. The molecule has 1 aliphatic rings. The van der Waals surface area contributed by atoms with Gasteiger partial charge >= 0.3 is 5.69 Å². The maximum Gasteiger partial charge on any atom is 0.333 e. The molecule has 11 heteroatoms. The maximum atomic E-state index is 13.1. The number of nitrogens with zero attached hydrogens (tertiary/aromatic N) is 4. The average molecular weight is 472 g/mol. The van der Waals surface area contributed by atoms with Crippen LogP contribution in [0.4, 0.5) is 10.8 Å². The summed E-state index contributed by atoms with van der Waals surface area (Å²) in [5.74, 6) is 0.720. The van der Waals surface area contributed by atoms with E-state index < -0.39 is 17.2 Å². The van der Waals surface area contributed by atoms with Gasteiger partial charge in [0.05, 0.1) is 0 Å². The van der Waals surface area contributed by atoms with Crippen molar-refractivity contribution in [2.45, 2.75) is 26.9 Å². The summed E-state index contributed by atoms with van der Waals surface area (Å²) >= 11 is 1.22. The smallest absolute Gasteiger partial charge is 0.333 e. The van der Waals surface area contributed by atoms with Gasteiger partial charge < -0.3 is 19.7 Å². The summed E-state index contributed by atoms with van der Waals surface area (Å²) in [7, 11) is 0. The molecule has 1 N–H and O–H groups in total. The predicted molar refractivity (Wildman–Crippen MR) is 128 cm³/mol. The highest BCUT2D eigenvalue weighted by atomic mass is 32.1. The molecule has 1 aliphatic heterocycles. The van der Waals surface area contributed by atoms with Gasteiger partial charge in [-0.05, 0) is 26.0 Å². The number of allylic oxidation sites excluding steroid dienone is 1. The lowest BCUT2D eigenvalue weighted by Gasteiger charge is -2.19. The zero-order valence-corrected chi connectivity index (χ0v) is 19.3. The molecule has 0 spiro atoms. The van der Waals surface area contributed by atoms with Gasteiger partial charge in [-0.3, -0.25) is 18.7 Å². The van der Waals surface area contributed by atoms with Crippen LogP contribution in [0.5, 0.6) is 11.5 Å². The van der Waals surface area contributed by atoms with E-state index in [1.54, 1.807) is 18.2 Å². The molecule has 33 heavy (non-hydrogen) atoms. The minimum Gasteiger partial charge on any atom is -0.486 e. The SMILES string of the molecule is C=CCn1c(=O)c2sc(N(CC)CC)nc2n(CC(=O)Nc2ccc3c(c2)OCCO3)c1=O. The summed E-state index contributed by atoms with van der Waals surface area (Å²) in [6, 6.07) is 5.09. The number of fused-ring (bicyclic) bond motifs is 2. The van der Waals surface area contributed by atoms with Crippen molar-refractivity contribution in [3.8, 4) is 11.5 Å². The third kappa shape index (κ3) is 4.36. The second-order valence-corrected chi connectivity index (χ2v) is 8.28. The normalized spacial score (nSPS) is 12.5. The number of carbonyl (C=O) groups is 1. The van der Waals surface area contributed by atoms with Crippen LogP contribution in [-0.2, 0) is 17.9 Å². The molecule has 0 unspecified atom stereocenters. The molecule has 4 rings (SSSR count). The molecule has 0 bridgehead atoms. The Morgan fingerprint density at radius 2 is 1.94 bits per heavy atom. The first kappa shape index (κ1) is 22.6. The molecule has 0 atom stereocenters. The highest BCUT2D eigenvalue weighted by molar-refractivity contribution is 7.22. The number of thiazole rings is 1. The van der Waals surface area contributed by atoms with E-state index >= 15 is 0 Å². The molecule has 1 amide bonds. The van der Waals surface area contributed by atoms with E-state index in [-0.39, 0.29) is 18.7 Å². The first-order valence-electron chi connectivity index (χ1n) is 10.7. The molecule has 3 aromatic rings. The lowest BCUT2D eigenvalue weighted by atomic mass is 10.2. The lowest BCUT2D eigenvalue weighted by molar-refractivity contribution is -0.116. The van der Waals surface area contributed by atoms with Crippen LogP contribution in [0, 0.1) is 0 Å². The molecular formula is C22H25N5O5S. The minimum atomic E-state index is -0.610. The quantitative estimate of drug-likeness (QED) is 0.501. The fourth-order valence-corrected chi connectivity index (χ4v) is 4.74. The number of rotatable bonds is 8. The molecule has 0 fully saturated rings. The van der Waals surface area contributed by atoms with Crippen LogP contribution >= 0.6 is 11.3 Å². The van der Waals surface area contributed by atoms with Crippen LogP contribution in [0.3, 0.4) is 0 Å². The van der Waals surface area contributed by atoms with Gasteiger partial charge in [0, 0.05) is 31.4 Å². The summed E-state index contributed by atoms with van der Waals surface area (Å²) in [6.07, 6.45) is 1.47. The van der Waals surface area contributed by atoms with E-state index in [0.717, 1.165) is 4.57 Å². The van der Waals surface area contributed by atoms with Crippen LogP contribution in [-0.4, -0.2) is 46.3 Å². The van der Waals surface area contributed by atoms with Crippen LogP contribution in [0.15, 0.2) is 40.4 Å². The van der Waals surface area contributed by atoms with E-state index in [2.05, 4.69) is 16.9 Å². The van der Waals surface area contributed by atoms with Gasteiger partial charge in [-0.15, -0.1) is 6.58 Å². The Kier molecular flexibility index (Phi) is 6.50. The summed E-state index contributed by atoms with van der Waals surface area (Å²) in [5.41, 5.74) is -0.333. The standard InChI is InChI=1S/C22H25N5O5S/c1-4-9-26-20(29)18-19(24-21(33-18)25(5-2)6-3)27(22(26)30)13-17(28)23-14-7-8-15-16(12-14)32-11-10-31-15/h4,7-8,12H,1,5-6,9-11,13H2,2-3H3,(H,23,28). The fraction of sp³-hybridized carbons (Fsp3) is 0.364. The third-order valence-corrected chi connectivity index (χ3v) is 6.32. The highest BCUT2D eigenvalue weighted by Crippen LogP contribution is 2.32. The van der Waals surface area contributed by atoms with Gasteiger partial charge in [-0.1, -0.05) is 17.4 Å². The molecular weight excluding hydrogens is 446 g/mol. The number of nitrogens with one attached hydrogen (secondary N) is 1. The molecule has 2 aromatic heterocycles. The molecule has 3 heterocycles. The monoisotopic (exact) mass is 471 g/mol. The number of carbonyl (C=O) groups excluding carboxylic acids is 1. The number of benzene rings is 1. The van der Waals surface area contributed by atoms with Gasteiger partial charge in [-0.25, -0.2) is 9.78 Å². The van der Waals surface area contributed by atoms with Crippen molar-refractivity contribution in [1.82, 2.24) is 14.1 Å². The van der Waals surface area contributed by atoms with Crippen LogP contribution in [0.2, 0.25) is 0 Å². The van der Waals surface area contributed by atoms with Crippen molar-refractivity contribution in [2.24, 2.45) is 0 Å². The van der Waals surface area contributed by atoms with Crippen LogP contribution in [0.25, 0.3) is 10.3 Å². The second kappa shape index (κ2) is 9.49. The third-order valence-electron chi connectivity index (χ3n) is 5.23. The van der Waals surface area contributed by atoms with Crippen LogP contribution in [0.1, 0.15) is 13.8 Å². The lowest BCUT2D eigenvalue weighted by Crippen LogP contribution is -2.41. The number of amides is 1. The summed E-state index contributed by atoms with van der Waals surface area (Å²) in [5, 5.41) is 3.40. The number of ether oxygens (including phenoxy) is 2. The van der Waals surface area contributed by atoms with Crippen molar-refractivity contribution in [3.05, 3.63) is 51.7 Å². The number of anilines is 2. The van der Waals surface area contributed by atoms with Gasteiger partial charge in [-0.2, -0.15) is 0 Å². The van der Waals surface area contributed by atoms with E-state index in [0.29, 0.717) is 53.3 Å². The average Bonchev–Trinajstić information content (AvgIpc) is 3.25. The Labute approximate surface area is 193 Å². The Morgan fingerprint density at radius 3 is 2.64 bits per heavy atom. The van der Waals surface area contributed by atoms with Gasteiger partial charge in [0.15, 0.2) is 22.3 Å². The Balaban J connectivity index is 1.71. The molecule has 1 aromatic carbocycles. The van der Waals surface area contributed by atoms with Gasteiger partial charge in [0.25, 0.3) is 5.56 Å². The maximum absolute atomic E-state index is 13.1. The molecule has 0 radical (unpaired) electrons.